The molecule has 0 aliphatic carbocycles. The van der Waals surface area contributed by atoms with Crippen LogP contribution in [0.4, 0.5) is 0 Å². The van der Waals surface area contributed by atoms with E-state index in [1.165, 1.54) is 22.5 Å². The van der Waals surface area contributed by atoms with Gasteiger partial charge in [-0.2, -0.15) is 4.31 Å². The maximum absolute atomic E-state index is 13.0. The number of aryl methyl sites for hydroxylation is 1. The Bertz CT molecular complexity index is 982. The lowest BCUT2D eigenvalue weighted by molar-refractivity contribution is 0.0940. The minimum atomic E-state index is -3.65. The van der Waals surface area contributed by atoms with Crippen molar-refractivity contribution < 1.29 is 13.2 Å². The highest BCUT2D eigenvalue weighted by Crippen LogP contribution is 2.27. The molecule has 1 saturated heterocycles. The highest BCUT2D eigenvalue weighted by Gasteiger charge is 2.29. The van der Waals surface area contributed by atoms with Crippen LogP contribution in [0.15, 0.2) is 47.4 Å². The zero-order chi connectivity index (χ0) is 21.2. The number of amides is 1. The second kappa shape index (κ2) is 8.86. The van der Waals surface area contributed by atoms with Crippen LogP contribution in [0.25, 0.3) is 0 Å². The molecule has 7 heteroatoms. The summed E-state index contributed by atoms with van der Waals surface area (Å²) in [4.78, 5) is 12.9. The molecule has 0 saturated carbocycles. The number of hydrogen-bond acceptors (Lipinski definition) is 3. The highest BCUT2D eigenvalue weighted by molar-refractivity contribution is 7.89. The first kappa shape index (κ1) is 21.8. The van der Waals surface area contributed by atoms with E-state index in [1.54, 1.807) is 0 Å². The van der Waals surface area contributed by atoms with Crippen LogP contribution in [0.2, 0.25) is 5.02 Å². The number of hydrogen-bond donors (Lipinski definition) is 1. The molecular formula is C22H27ClN2O3S. The molecule has 5 nitrogen and oxygen atoms in total. The monoisotopic (exact) mass is 434 g/mol. The molecule has 1 atom stereocenters. The van der Waals surface area contributed by atoms with Crippen LogP contribution >= 0.6 is 11.6 Å². The molecule has 0 aromatic heterocycles. The average Bonchev–Trinajstić information content (AvgIpc) is 2.68. The first-order valence-electron chi connectivity index (χ1n) is 9.85. The normalized spacial score (nSPS) is 17.1. The van der Waals surface area contributed by atoms with Crippen LogP contribution in [0.1, 0.15) is 54.2 Å². The van der Waals surface area contributed by atoms with Crippen LogP contribution in [0, 0.1) is 12.8 Å². The number of nitrogens with zero attached hydrogens (tertiary/aromatic N) is 1. The van der Waals surface area contributed by atoms with Gasteiger partial charge in [0.15, 0.2) is 0 Å². The summed E-state index contributed by atoms with van der Waals surface area (Å²) < 4.78 is 27.5. The molecule has 29 heavy (non-hydrogen) atoms. The first-order chi connectivity index (χ1) is 13.7. The van der Waals surface area contributed by atoms with Gasteiger partial charge < -0.3 is 5.32 Å². The van der Waals surface area contributed by atoms with Crippen LogP contribution in [-0.2, 0) is 10.0 Å². The second-order valence-electron chi connectivity index (χ2n) is 7.83. The number of rotatable bonds is 5. The van der Waals surface area contributed by atoms with Crippen molar-refractivity contribution in [2.24, 2.45) is 5.92 Å². The number of benzene rings is 2. The van der Waals surface area contributed by atoms with Crippen LogP contribution in [0.3, 0.4) is 0 Å². The number of carbonyl (C=O) groups excluding carboxylic acids is 1. The fourth-order valence-electron chi connectivity index (χ4n) is 3.43. The van der Waals surface area contributed by atoms with Gasteiger partial charge in [-0.3, -0.25) is 4.79 Å². The fourth-order valence-corrected chi connectivity index (χ4v) is 5.13. The Morgan fingerprint density at radius 3 is 2.38 bits per heavy atom. The summed E-state index contributed by atoms with van der Waals surface area (Å²) >= 11 is 6.23. The molecule has 2 aromatic rings. The summed E-state index contributed by atoms with van der Waals surface area (Å²) in [5.41, 5.74) is 2.27. The minimum absolute atomic E-state index is 0.101. The Morgan fingerprint density at radius 1 is 1.14 bits per heavy atom. The molecule has 1 fully saturated rings. The van der Waals surface area contributed by atoms with Crippen LogP contribution in [-0.4, -0.2) is 31.7 Å². The van der Waals surface area contributed by atoms with E-state index < -0.39 is 15.9 Å². The molecule has 156 valence electrons. The molecule has 1 heterocycles. The lowest BCUT2D eigenvalue weighted by Crippen LogP contribution is -2.38. The SMILES string of the molecule is Cc1ccc([C@@H](C)NC(=O)c2cc(S(=O)(=O)N3CCC(C)CC3)ccc2Cl)cc1. The lowest BCUT2D eigenvalue weighted by atomic mass is 10.0. The number of nitrogens with one attached hydrogen (secondary N) is 1. The lowest BCUT2D eigenvalue weighted by Gasteiger charge is -2.29. The van der Waals surface area contributed by atoms with Crippen molar-refractivity contribution >= 4 is 27.5 Å². The zero-order valence-corrected chi connectivity index (χ0v) is 18.6. The molecule has 1 N–H and O–H groups in total. The van der Waals surface area contributed by atoms with Crippen molar-refractivity contribution in [2.75, 3.05) is 13.1 Å². The zero-order valence-electron chi connectivity index (χ0n) is 17.0. The van der Waals surface area contributed by atoms with Gasteiger partial charge in [-0.15, -0.1) is 0 Å². The summed E-state index contributed by atoms with van der Waals surface area (Å²) in [6.45, 7) is 7.01. The van der Waals surface area contributed by atoms with E-state index in [2.05, 4.69) is 12.2 Å². The van der Waals surface area contributed by atoms with Crippen molar-refractivity contribution in [1.29, 1.82) is 0 Å². The van der Waals surface area contributed by atoms with E-state index in [4.69, 9.17) is 11.6 Å². The quantitative estimate of drug-likeness (QED) is 0.750. The molecule has 2 aromatic carbocycles. The Kier molecular flexibility index (Phi) is 6.66. The summed E-state index contributed by atoms with van der Waals surface area (Å²) in [7, 11) is -3.65. The number of piperidine rings is 1. The maximum atomic E-state index is 13.0. The van der Waals surface area contributed by atoms with E-state index in [-0.39, 0.29) is 21.5 Å². The second-order valence-corrected chi connectivity index (χ2v) is 10.2. The van der Waals surface area contributed by atoms with Crippen LogP contribution in [0.5, 0.6) is 0 Å². The Morgan fingerprint density at radius 2 is 1.76 bits per heavy atom. The van der Waals surface area contributed by atoms with Gasteiger partial charge in [-0.25, -0.2) is 8.42 Å². The Hall–Kier alpha value is -1.89. The van der Waals surface area contributed by atoms with Gasteiger partial charge in [0.25, 0.3) is 5.91 Å². The van der Waals surface area contributed by atoms with E-state index in [0.29, 0.717) is 19.0 Å². The first-order valence-corrected chi connectivity index (χ1v) is 11.7. The van der Waals surface area contributed by atoms with Gasteiger partial charge in [0, 0.05) is 13.1 Å². The third kappa shape index (κ3) is 5.00. The molecular weight excluding hydrogens is 408 g/mol. The van der Waals surface area contributed by atoms with E-state index in [1.807, 2.05) is 38.1 Å². The molecule has 0 spiro atoms. The summed E-state index contributed by atoms with van der Waals surface area (Å²) in [5.74, 6) is 0.128. The number of halogens is 1. The molecule has 0 unspecified atom stereocenters. The van der Waals surface area contributed by atoms with Gasteiger partial charge in [0.1, 0.15) is 0 Å². The van der Waals surface area contributed by atoms with Gasteiger partial charge in [0.2, 0.25) is 10.0 Å². The summed E-state index contributed by atoms with van der Waals surface area (Å²) in [6, 6.07) is 12.0. The number of carbonyl (C=O) groups is 1. The highest BCUT2D eigenvalue weighted by atomic mass is 35.5. The van der Waals surface area contributed by atoms with E-state index in [0.717, 1.165) is 24.0 Å². The van der Waals surface area contributed by atoms with E-state index >= 15 is 0 Å². The fraction of sp³-hybridized carbons (Fsp3) is 0.409. The standard InChI is InChI=1S/C22H27ClN2O3S/c1-15-4-6-18(7-5-15)17(3)24-22(26)20-14-19(8-9-21(20)23)29(27,28)25-12-10-16(2)11-13-25/h4-9,14,16-17H,10-13H2,1-3H3,(H,24,26)/t17-/m1/s1. The third-order valence-electron chi connectivity index (χ3n) is 5.49. The summed E-state index contributed by atoms with van der Waals surface area (Å²) in [5, 5.41) is 3.13. The van der Waals surface area contributed by atoms with Crippen molar-refractivity contribution in [3.8, 4) is 0 Å². The van der Waals surface area contributed by atoms with Gasteiger partial charge >= 0.3 is 0 Å². The Balaban J connectivity index is 1.81. The minimum Gasteiger partial charge on any atom is -0.345 e. The van der Waals surface area contributed by atoms with Crippen molar-refractivity contribution in [3.63, 3.8) is 0 Å². The topological polar surface area (TPSA) is 66.5 Å². The summed E-state index contributed by atoms with van der Waals surface area (Å²) in [6.07, 6.45) is 1.68. The van der Waals surface area contributed by atoms with Crippen molar-refractivity contribution in [1.82, 2.24) is 9.62 Å². The molecule has 1 amide bonds. The van der Waals surface area contributed by atoms with E-state index in [9.17, 15) is 13.2 Å². The molecule has 0 bridgehead atoms. The molecule has 1 aliphatic heterocycles. The molecule has 1 aliphatic rings. The van der Waals surface area contributed by atoms with Gasteiger partial charge in [-0.05, 0) is 56.4 Å². The Labute approximate surface area is 178 Å². The molecule has 3 rings (SSSR count). The van der Waals surface area contributed by atoms with Gasteiger partial charge in [0.05, 0.1) is 21.5 Å². The predicted molar refractivity (Wildman–Crippen MR) is 116 cm³/mol. The molecule has 0 radical (unpaired) electrons. The van der Waals surface area contributed by atoms with Crippen molar-refractivity contribution in [3.05, 3.63) is 64.2 Å². The average molecular weight is 435 g/mol. The predicted octanol–water partition coefficient (Wildman–Crippen LogP) is 4.56. The smallest absolute Gasteiger partial charge is 0.253 e. The largest absolute Gasteiger partial charge is 0.345 e. The number of sulfonamides is 1. The maximum Gasteiger partial charge on any atom is 0.253 e. The van der Waals surface area contributed by atoms with Gasteiger partial charge in [-0.1, -0.05) is 48.4 Å². The van der Waals surface area contributed by atoms with Crippen LogP contribution < -0.4 is 5.32 Å². The third-order valence-corrected chi connectivity index (χ3v) is 7.71. The van der Waals surface area contributed by atoms with Crippen molar-refractivity contribution in [2.45, 2.75) is 44.6 Å².